The summed E-state index contributed by atoms with van der Waals surface area (Å²) in [5, 5.41) is 11.3. The van der Waals surface area contributed by atoms with E-state index >= 15 is 0 Å². The van der Waals surface area contributed by atoms with Gasteiger partial charge in [0.15, 0.2) is 23.3 Å². The molecule has 0 saturated carbocycles. The topological polar surface area (TPSA) is 20.2 Å². The van der Waals surface area contributed by atoms with E-state index in [0.29, 0.717) is 11.1 Å². The third-order valence-electron chi connectivity index (χ3n) is 4.40. The first-order chi connectivity index (χ1) is 11.5. The Labute approximate surface area is 134 Å². The Balaban J connectivity index is 2.17. The van der Waals surface area contributed by atoms with Crippen LogP contribution in [0.1, 0.15) is 16.7 Å². The van der Waals surface area contributed by atoms with Gasteiger partial charge in [-0.1, -0.05) is 48.5 Å². The lowest BCUT2D eigenvalue weighted by molar-refractivity contribution is 0.119. The van der Waals surface area contributed by atoms with Crippen molar-refractivity contribution in [2.75, 3.05) is 0 Å². The van der Waals surface area contributed by atoms with Gasteiger partial charge in [-0.3, -0.25) is 0 Å². The quantitative estimate of drug-likeness (QED) is 0.514. The predicted molar refractivity (Wildman–Crippen MR) is 80.3 cm³/mol. The standard InChI is InChI=1S/C19H10F4O/c20-14-9-15(21)18(23)16(17(14)22)19(24)12-7-3-1-5-10(12)11-6-2-4-8-13(11)19/h1-9,24H. The fraction of sp³-hybridized carbons (Fsp3) is 0.0526. The Morgan fingerprint density at radius 3 is 1.54 bits per heavy atom. The van der Waals surface area contributed by atoms with Crippen LogP contribution in [0.4, 0.5) is 17.6 Å². The van der Waals surface area contributed by atoms with Crippen molar-refractivity contribution in [2.45, 2.75) is 5.60 Å². The van der Waals surface area contributed by atoms with Gasteiger partial charge in [-0.25, -0.2) is 17.6 Å². The molecule has 0 fully saturated rings. The molecular formula is C19H10F4O. The zero-order valence-corrected chi connectivity index (χ0v) is 12.2. The molecule has 120 valence electrons. The van der Waals surface area contributed by atoms with Crippen LogP contribution in [-0.4, -0.2) is 5.11 Å². The molecule has 0 unspecified atom stereocenters. The summed E-state index contributed by atoms with van der Waals surface area (Å²) in [7, 11) is 0. The summed E-state index contributed by atoms with van der Waals surface area (Å²) < 4.78 is 56.2. The molecule has 4 rings (SSSR count). The smallest absolute Gasteiger partial charge is 0.168 e. The van der Waals surface area contributed by atoms with Crippen LogP contribution in [0, 0.1) is 23.3 Å². The Morgan fingerprint density at radius 2 is 1.08 bits per heavy atom. The van der Waals surface area contributed by atoms with Crippen LogP contribution in [0.2, 0.25) is 0 Å². The highest BCUT2D eigenvalue weighted by Gasteiger charge is 2.47. The summed E-state index contributed by atoms with van der Waals surface area (Å²) >= 11 is 0. The molecule has 5 heteroatoms. The van der Waals surface area contributed by atoms with E-state index in [0.717, 1.165) is 0 Å². The van der Waals surface area contributed by atoms with Crippen LogP contribution < -0.4 is 0 Å². The minimum Gasteiger partial charge on any atom is -0.376 e. The number of hydrogen-bond donors (Lipinski definition) is 1. The SMILES string of the molecule is OC1(c2c(F)c(F)cc(F)c2F)c2ccccc2-c2ccccc21. The molecule has 1 N–H and O–H groups in total. The van der Waals surface area contributed by atoms with Gasteiger partial charge in [0.05, 0.1) is 5.56 Å². The normalized spacial score (nSPS) is 14.4. The first-order valence-electron chi connectivity index (χ1n) is 7.21. The van der Waals surface area contributed by atoms with Crippen molar-refractivity contribution in [1.29, 1.82) is 0 Å². The van der Waals surface area contributed by atoms with Gasteiger partial charge in [0, 0.05) is 17.2 Å². The predicted octanol–water partition coefficient (Wildman–Crippen LogP) is 4.51. The minimum atomic E-state index is -2.32. The van der Waals surface area contributed by atoms with Gasteiger partial charge in [-0.05, 0) is 11.1 Å². The maximum absolute atomic E-state index is 14.4. The van der Waals surface area contributed by atoms with Crippen LogP contribution in [0.15, 0.2) is 54.6 Å². The van der Waals surface area contributed by atoms with Crippen molar-refractivity contribution in [3.63, 3.8) is 0 Å². The maximum atomic E-state index is 14.4. The highest BCUT2D eigenvalue weighted by molar-refractivity contribution is 5.82. The van der Waals surface area contributed by atoms with E-state index < -0.39 is 34.4 Å². The molecule has 24 heavy (non-hydrogen) atoms. The molecule has 0 radical (unpaired) electrons. The molecule has 1 aliphatic rings. The Hall–Kier alpha value is -2.66. The van der Waals surface area contributed by atoms with Crippen LogP contribution >= 0.6 is 0 Å². The van der Waals surface area contributed by atoms with Gasteiger partial charge in [0.2, 0.25) is 0 Å². The lowest BCUT2D eigenvalue weighted by Gasteiger charge is -2.27. The van der Waals surface area contributed by atoms with E-state index in [1.165, 1.54) is 12.1 Å². The average Bonchev–Trinajstić information content (AvgIpc) is 2.84. The van der Waals surface area contributed by atoms with Crippen molar-refractivity contribution in [2.24, 2.45) is 0 Å². The number of fused-ring (bicyclic) bond motifs is 3. The molecule has 0 heterocycles. The zero-order chi connectivity index (χ0) is 17.1. The Bertz CT molecular complexity index is 909. The second kappa shape index (κ2) is 4.92. The van der Waals surface area contributed by atoms with Gasteiger partial charge >= 0.3 is 0 Å². The van der Waals surface area contributed by atoms with Gasteiger partial charge in [-0.15, -0.1) is 0 Å². The molecule has 0 amide bonds. The number of rotatable bonds is 1. The summed E-state index contributed by atoms with van der Waals surface area (Å²) in [4.78, 5) is 0. The van der Waals surface area contributed by atoms with Gasteiger partial charge in [0.25, 0.3) is 0 Å². The van der Waals surface area contributed by atoms with Crippen molar-refractivity contribution in [3.8, 4) is 11.1 Å². The van der Waals surface area contributed by atoms with Crippen molar-refractivity contribution < 1.29 is 22.7 Å². The third kappa shape index (κ3) is 1.73. The van der Waals surface area contributed by atoms with Crippen molar-refractivity contribution >= 4 is 0 Å². The molecule has 0 saturated heterocycles. The molecule has 0 aromatic heterocycles. The van der Waals surface area contributed by atoms with Crippen molar-refractivity contribution in [3.05, 3.63) is 94.6 Å². The minimum absolute atomic E-state index is 0.129. The number of halogens is 4. The molecule has 3 aromatic rings. The second-order valence-electron chi connectivity index (χ2n) is 5.64. The highest BCUT2D eigenvalue weighted by Crippen LogP contribution is 2.52. The van der Waals surface area contributed by atoms with Gasteiger partial charge in [0.1, 0.15) is 5.60 Å². The summed E-state index contributed by atoms with van der Waals surface area (Å²) in [6.45, 7) is 0. The van der Waals surface area contributed by atoms with Gasteiger partial charge < -0.3 is 5.11 Å². The van der Waals surface area contributed by atoms with E-state index in [2.05, 4.69) is 0 Å². The third-order valence-corrected chi connectivity index (χ3v) is 4.40. The molecule has 1 aliphatic carbocycles. The second-order valence-corrected chi connectivity index (χ2v) is 5.64. The molecule has 0 bridgehead atoms. The van der Waals surface area contributed by atoms with E-state index in [9.17, 15) is 22.7 Å². The number of hydrogen-bond acceptors (Lipinski definition) is 1. The zero-order valence-electron chi connectivity index (χ0n) is 12.2. The average molecular weight is 330 g/mol. The van der Waals surface area contributed by atoms with Crippen LogP contribution in [-0.2, 0) is 5.60 Å². The molecule has 0 spiro atoms. The Morgan fingerprint density at radius 1 is 0.667 bits per heavy atom. The van der Waals surface area contributed by atoms with E-state index in [-0.39, 0.29) is 17.2 Å². The lowest BCUT2D eigenvalue weighted by atomic mass is 9.83. The first kappa shape index (κ1) is 14.9. The highest BCUT2D eigenvalue weighted by atomic mass is 19.2. The summed E-state index contributed by atoms with van der Waals surface area (Å²) in [5.41, 5.74) is -1.90. The lowest BCUT2D eigenvalue weighted by Crippen LogP contribution is -2.30. The maximum Gasteiger partial charge on any atom is 0.168 e. The van der Waals surface area contributed by atoms with E-state index in [1.54, 1.807) is 36.4 Å². The fourth-order valence-electron chi connectivity index (χ4n) is 3.37. The summed E-state index contributed by atoms with van der Waals surface area (Å²) in [5.74, 6) is -6.33. The van der Waals surface area contributed by atoms with Crippen molar-refractivity contribution in [1.82, 2.24) is 0 Å². The summed E-state index contributed by atoms with van der Waals surface area (Å²) in [6.07, 6.45) is 0. The number of aliphatic hydroxyl groups is 1. The molecule has 0 atom stereocenters. The molecule has 1 nitrogen and oxygen atoms in total. The van der Waals surface area contributed by atoms with E-state index in [1.807, 2.05) is 0 Å². The van der Waals surface area contributed by atoms with E-state index in [4.69, 9.17) is 0 Å². The molecule has 3 aromatic carbocycles. The first-order valence-corrected chi connectivity index (χ1v) is 7.21. The monoisotopic (exact) mass is 330 g/mol. The van der Waals surface area contributed by atoms with Gasteiger partial charge in [-0.2, -0.15) is 0 Å². The fourth-order valence-corrected chi connectivity index (χ4v) is 3.37. The largest absolute Gasteiger partial charge is 0.376 e. The molecule has 0 aliphatic heterocycles. The summed E-state index contributed by atoms with van der Waals surface area (Å²) in [6, 6.07) is 13.0. The van der Waals surface area contributed by atoms with Crippen LogP contribution in [0.25, 0.3) is 11.1 Å². The Kier molecular flexibility index (Phi) is 3.05. The molecular weight excluding hydrogens is 320 g/mol. The number of benzene rings is 3. The van der Waals surface area contributed by atoms with Crippen LogP contribution in [0.5, 0.6) is 0 Å². The van der Waals surface area contributed by atoms with Crippen LogP contribution in [0.3, 0.4) is 0 Å².